The molecule has 2 rings (SSSR count). The van der Waals surface area contributed by atoms with E-state index in [0.717, 1.165) is 25.3 Å². The first kappa shape index (κ1) is 14.9. The van der Waals surface area contributed by atoms with Gasteiger partial charge in [-0.15, -0.1) is 0 Å². The number of nitrogens with zero attached hydrogens (tertiary/aromatic N) is 1. The van der Waals surface area contributed by atoms with Crippen LogP contribution in [0.1, 0.15) is 31.7 Å². The topological polar surface area (TPSA) is 41.6 Å². The van der Waals surface area contributed by atoms with Gasteiger partial charge in [0, 0.05) is 19.1 Å². The summed E-state index contributed by atoms with van der Waals surface area (Å²) >= 11 is 0. The molecule has 4 nitrogen and oxygen atoms in total. The fraction of sp³-hybridized carbons (Fsp3) is 0.562. The molecule has 0 radical (unpaired) electrons. The Morgan fingerprint density at radius 3 is 2.60 bits per heavy atom. The summed E-state index contributed by atoms with van der Waals surface area (Å²) in [6, 6.07) is 8.65. The van der Waals surface area contributed by atoms with Gasteiger partial charge in [0.1, 0.15) is 5.75 Å². The number of methoxy groups -OCH3 is 1. The Bertz CT molecular complexity index is 427. The van der Waals surface area contributed by atoms with Crippen LogP contribution in [0.25, 0.3) is 0 Å². The second-order valence-corrected chi connectivity index (χ2v) is 5.33. The monoisotopic (exact) mass is 276 g/mol. The summed E-state index contributed by atoms with van der Waals surface area (Å²) in [6.45, 7) is 4.15. The van der Waals surface area contributed by atoms with E-state index in [1.165, 1.54) is 18.4 Å². The molecule has 0 spiro atoms. The summed E-state index contributed by atoms with van der Waals surface area (Å²) in [5.74, 6) is 1.000. The molecule has 1 aromatic carbocycles. The van der Waals surface area contributed by atoms with E-state index < -0.39 is 0 Å². The predicted octanol–water partition coefficient (Wildman–Crippen LogP) is 2.19. The third-order valence-corrected chi connectivity index (χ3v) is 3.53. The lowest BCUT2D eigenvalue weighted by molar-refractivity contribution is -0.122. The molecule has 0 aromatic heterocycles. The van der Waals surface area contributed by atoms with E-state index in [4.69, 9.17) is 4.74 Å². The normalized spacial score (nSPS) is 14.3. The molecular formula is C16H24N2O2. The number of ether oxygens (including phenoxy) is 1. The predicted molar refractivity (Wildman–Crippen MR) is 79.7 cm³/mol. The molecule has 1 saturated carbocycles. The van der Waals surface area contributed by atoms with E-state index in [1.807, 2.05) is 12.1 Å². The highest BCUT2D eigenvalue weighted by molar-refractivity contribution is 5.78. The van der Waals surface area contributed by atoms with Crippen LogP contribution in [0.3, 0.4) is 0 Å². The van der Waals surface area contributed by atoms with Gasteiger partial charge in [0.05, 0.1) is 13.7 Å². The van der Waals surface area contributed by atoms with Crippen molar-refractivity contribution in [1.29, 1.82) is 0 Å². The molecule has 0 saturated heterocycles. The zero-order valence-corrected chi connectivity index (χ0v) is 12.4. The van der Waals surface area contributed by atoms with E-state index in [0.29, 0.717) is 12.6 Å². The Morgan fingerprint density at radius 2 is 2.05 bits per heavy atom. The Hall–Kier alpha value is -1.55. The smallest absolute Gasteiger partial charge is 0.234 e. The van der Waals surface area contributed by atoms with Crippen LogP contribution < -0.4 is 10.1 Å². The SMILES string of the molecule is CCCNC(=O)CN(Cc1ccc(OC)cc1)C1CC1. The molecule has 0 unspecified atom stereocenters. The number of amides is 1. The van der Waals surface area contributed by atoms with E-state index in [9.17, 15) is 4.79 Å². The fourth-order valence-electron chi connectivity index (χ4n) is 2.22. The number of rotatable bonds is 8. The molecule has 0 bridgehead atoms. The Morgan fingerprint density at radius 1 is 1.35 bits per heavy atom. The molecule has 1 N–H and O–H groups in total. The number of hydrogen-bond donors (Lipinski definition) is 1. The summed E-state index contributed by atoms with van der Waals surface area (Å²) < 4.78 is 5.17. The molecular weight excluding hydrogens is 252 g/mol. The maximum Gasteiger partial charge on any atom is 0.234 e. The van der Waals surface area contributed by atoms with Crippen LogP contribution in [0.15, 0.2) is 24.3 Å². The van der Waals surface area contributed by atoms with Gasteiger partial charge < -0.3 is 10.1 Å². The first-order chi connectivity index (χ1) is 9.72. The third kappa shape index (κ3) is 4.53. The molecule has 0 heterocycles. The molecule has 1 fully saturated rings. The summed E-state index contributed by atoms with van der Waals surface area (Å²) in [4.78, 5) is 14.1. The van der Waals surface area contributed by atoms with Crippen molar-refractivity contribution >= 4 is 5.91 Å². The minimum absolute atomic E-state index is 0.132. The lowest BCUT2D eigenvalue weighted by Gasteiger charge is -2.21. The number of benzene rings is 1. The van der Waals surface area contributed by atoms with Gasteiger partial charge in [0.2, 0.25) is 5.91 Å². The van der Waals surface area contributed by atoms with Crippen molar-refractivity contribution in [3.8, 4) is 5.75 Å². The molecule has 110 valence electrons. The van der Waals surface area contributed by atoms with Crippen molar-refractivity contribution in [2.75, 3.05) is 20.2 Å². The van der Waals surface area contributed by atoms with Crippen molar-refractivity contribution in [3.05, 3.63) is 29.8 Å². The van der Waals surface area contributed by atoms with Crippen molar-refractivity contribution in [3.63, 3.8) is 0 Å². The van der Waals surface area contributed by atoms with Gasteiger partial charge in [-0.25, -0.2) is 0 Å². The molecule has 1 aliphatic carbocycles. The highest BCUT2D eigenvalue weighted by atomic mass is 16.5. The largest absolute Gasteiger partial charge is 0.497 e. The highest BCUT2D eigenvalue weighted by Gasteiger charge is 2.30. The summed E-state index contributed by atoms with van der Waals surface area (Å²) in [6.07, 6.45) is 3.39. The second kappa shape index (κ2) is 7.29. The molecule has 0 aliphatic heterocycles. The maximum atomic E-state index is 11.9. The quantitative estimate of drug-likeness (QED) is 0.791. The second-order valence-electron chi connectivity index (χ2n) is 5.33. The lowest BCUT2D eigenvalue weighted by Crippen LogP contribution is -2.38. The first-order valence-corrected chi connectivity index (χ1v) is 7.36. The Labute approximate surface area is 121 Å². The summed E-state index contributed by atoms with van der Waals surface area (Å²) in [5.41, 5.74) is 1.22. The molecule has 1 amide bonds. The van der Waals surface area contributed by atoms with Gasteiger partial charge >= 0.3 is 0 Å². The zero-order valence-electron chi connectivity index (χ0n) is 12.4. The summed E-state index contributed by atoms with van der Waals surface area (Å²) in [5, 5.41) is 2.95. The Balaban J connectivity index is 1.89. The Kier molecular flexibility index (Phi) is 5.41. The third-order valence-electron chi connectivity index (χ3n) is 3.53. The molecule has 1 aromatic rings. The van der Waals surface area contributed by atoms with E-state index in [-0.39, 0.29) is 5.91 Å². The highest BCUT2D eigenvalue weighted by Crippen LogP contribution is 2.28. The van der Waals surface area contributed by atoms with E-state index in [2.05, 4.69) is 29.3 Å². The lowest BCUT2D eigenvalue weighted by atomic mass is 10.2. The van der Waals surface area contributed by atoms with Crippen molar-refractivity contribution in [1.82, 2.24) is 10.2 Å². The number of nitrogens with one attached hydrogen (secondary N) is 1. The fourth-order valence-corrected chi connectivity index (χ4v) is 2.22. The number of hydrogen-bond acceptors (Lipinski definition) is 3. The number of carbonyl (C=O) groups excluding carboxylic acids is 1. The minimum atomic E-state index is 0.132. The van der Waals surface area contributed by atoms with Crippen LogP contribution in [0.5, 0.6) is 5.75 Å². The van der Waals surface area contributed by atoms with Gasteiger partial charge in [-0.2, -0.15) is 0 Å². The minimum Gasteiger partial charge on any atom is -0.497 e. The first-order valence-electron chi connectivity index (χ1n) is 7.36. The van der Waals surface area contributed by atoms with E-state index >= 15 is 0 Å². The van der Waals surface area contributed by atoms with Crippen molar-refractivity contribution < 1.29 is 9.53 Å². The van der Waals surface area contributed by atoms with Crippen LogP contribution in [0.2, 0.25) is 0 Å². The van der Waals surface area contributed by atoms with Crippen LogP contribution in [0, 0.1) is 0 Å². The average Bonchev–Trinajstić information content (AvgIpc) is 3.30. The van der Waals surface area contributed by atoms with Gasteiger partial charge in [-0.05, 0) is 37.0 Å². The molecule has 4 heteroatoms. The molecule has 1 aliphatic rings. The van der Waals surface area contributed by atoms with Crippen LogP contribution in [0.4, 0.5) is 0 Å². The van der Waals surface area contributed by atoms with Crippen molar-refractivity contribution in [2.45, 2.75) is 38.8 Å². The van der Waals surface area contributed by atoms with Gasteiger partial charge in [0.25, 0.3) is 0 Å². The summed E-state index contributed by atoms with van der Waals surface area (Å²) in [7, 11) is 1.67. The van der Waals surface area contributed by atoms with Crippen LogP contribution in [-0.2, 0) is 11.3 Å². The van der Waals surface area contributed by atoms with E-state index in [1.54, 1.807) is 7.11 Å². The standard InChI is InChI=1S/C16H24N2O2/c1-3-10-17-16(19)12-18(14-6-7-14)11-13-4-8-15(20-2)9-5-13/h4-5,8-9,14H,3,6-7,10-12H2,1-2H3,(H,17,19). The van der Waals surface area contributed by atoms with Gasteiger partial charge in [-0.1, -0.05) is 19.1 Å². The molecule has 20 heavy (non-hydrogen) atoms. The van der Waals surface area contributed by atoms with Gasteiger partial charge in [0.15, 0.2) is 0 Å². The number of carbonyl (C=O) groups is 1. The molecule has 0 atom stereocenters. The zero-order chi connectivity index (χ0) is 14.4. The van der Waals surface area contributed by atoms with Crippen LogP contribution >= 0.6 is 0 Å². The van der Waals surface area contributed by atoms with Crippen LogP contribution in [-0.4, -0.2) is 37.0 Å². The van der Waals surface area contributed by atoms with Crippen molar-refractivity contribution in [2.24, 2.45) is 0 Å². The maximum absolute atomic E-state index is 11.9. The average molecular weight is 276 g/mol. The van der Waals surface area contributed by atoms with Gasteiger partial charge in [-0.3, -0.25) is 9.69 Å².